The minimum absolute atomic E-state index is 0.170. The lowest BCUT2D eigenvalue weighted by molar-refractivity contribution is -0.138. The number of ether oxygens (including phenoxy) is 2. The van der Waals surface area contributed by atoms with Gasteiger partial charge in [0.15, 0.2) is 0 Å². The molecule has 0 atom stereocenters. The van der Waals surface area contributed by atoms with Crippen LogP contribution in [0, 0.1) is 0 Å². The molecule has 0 heterocycles. The van der Waals surface area contributed by atoms with Gasteiger partial charge in [-0.2, -0.15) is 13.2 Å². The summed E-state index contributed by atoms with van der Waals surface area (Å²) in [4.78, 5) is 0. The average molecular weight is 250 g/mol. The quantitative estimate of drug-likeness (QED) is 0.891. The van der Waals surface area contributed by atoms with E-state index < -0.39 is 11.7 Å². The summed E-state index contributed by atoms with van der Waals surface area (Å²) in [7, 11) is 2.52. The van der Waals surface area contributed by atoms with Gasteiger partial charge < -0.3 is 15.2 Å². The van der Waals surface area contributed by atoms with Gasteiger partial charge in [0, 0.05) is 0 Å². The van der Waals surface area contributed by atoms with Crippen molar-refractivity contribution in [3.8, 4) is 11.5 Å². The third-order valence-corrected chi connectivity index (χ3v) is 2.32. The third kappa shape index (κ3) is 3.03. The zero-order valence-electron chi connectivity index (χ0n) is 9.60. The van der Waals surface area contributed by atoms with Gasteiger partial charge in [-0.15, -0.1) is 0 Å². The Kier molecular flexibility index (Phi) is 4.22. The summed E-state index contributed by atoms with van der Waals surface area (Å²) in [6.45, 7) is 0.324. The molecule has 0 spiro atoms. The van der Waals surface area contributed by atoms with Crippen molar-refractivity contribution in [3.05, 3.63) is 23.3 Å². The van der Waals surface area contributed by atoms with E-state index in [2.05, 4.69) is 0 Å². The van der Waals surface area contributed by atoms with Gasteiger partial charge in [-0.1, -0.05) is 0 Å². The van der Waals surface area contributed by atoms with Crippen LogP contribution >= 0.6 is 0 Å². The minimum atomic E-state index is -4.47. The molecule has 0 fully saturated rings. The first-order valence-corrected chi connectivity index (χ1v) is 4.96. The van der Waals surface area contributed by atoms with Gasteiger partial charge in [-0.3, -0.25) is 0 Å². The van der Waals surface area contributed by atoms with Crippen LogP contribution in [0.25, 0.3) is 0 Å². The monoisotopic (exact) mass is 250 g/mol. The molecule has 1 aromatic carbocycles. The number of alkyl halides is 3. The Hall–Kier alpha value is -1.43. The first kappa shape index (κ1) is 13.6. The number of hydrogen-bond donors (Lipinski definition) is 1. The van der Waals surface area contributed by atoms with E-state index in [1.807, 2.05) is 0 Å². The summed E-state index contributed by atoms with van der Waals surface area (Å²) >= 11 is 0. The Morgan fingerprint density at radius 2 is 1.71 bits per heavy atom. The second-order valence-corrected chi connectivity index (χ2v) is 3.40. The van der Waals surface area contributed by atoms with Crippen LogP contribution in [0.1, 0.15) is 11.1 Å². The SMILES string of the molecule is COc1cc(C(F)(F)F)c(OC)[13cH]c1CCN. The van der Waals surface area contributed by atoms with Gasteiger partial charge in [0.05, 0.1) is 14.2 Å². The molecule has 6 heteroatoms. The minimum Gasteiger partial charge on any atom is -0.496 e. The molecule has 0 unspecified atom stereocenters. The molecular weight excluding hydrogens is 236 g/mol. The number of halogens is 3. The molecule has 0 aromatic heterocycles. The van der Waals surface area contributed by atoms with Crippen molar-refractivity contribution in [3.63, 3.8) is 0 Å². The predicted octanol–water partition coefficient (Wildman–Crippen LogP) is 2.22. The highest BCUT2D eigenvalue weighted by molar-refractivity contribution is 5.48. The number of benzene rings is 1. The average Bonchev–Trinajstić information content (AvgIpc) is 2.27. The van der Waals surface area contributed by atoms with Gasteiger partial charge in [0.25, 0.3) is 0 Å². The highest BCUT2D eigenvalue weighted by Crippen LogP contribution is 2.40. The molecule has 0 radical (unpaired) electrons. The van der Waals surface area contributed by atoms with E-state index in [4.69, 9.17) is 15.2 Å². The summed E-state index contributed by atoms with van der Waals surface area (Å²) < 4.78 is 47.8. The topological polar surface area (TPSA) is 44.5 Å². The number of nitrogens with two attached hydrogens (primary N) is 1. The van der Waals surface area contributed by atoms with Crippen LogP contribution in [0.3, 0.4) is 0 Å². The fraction of sp³-hybridized carbons (Fsp3) is 0.455. The van der Waals surface area contributed by atoms with Crippen LogP contribution < -0.4 is 15.2 Å². The maximum Gasteiger partial charge on any atom is 0.420 e. The molecule has 3 nitrogen and oxygen atoms in total. The molecule has 0 saturated heterocycles. The maximum atomic E-state index is 12.7. The van der Waals surface area contributed by atoms with Crippen LogP contribution in [0.15, 0.2) is 12.1 Å². The van der Waals surface area contributed by atoms with E-state index in [1.165, 1.54) is 20.3 Å². The van der Waals surface area contributed by atoms with Crippen molar-refractivity contribution in [2.24, 2.45) is 5.73 Å². The highest BCUT2D eigenvalue weighted by Gasteiger charge is 2.35. The van der Waals surface area contributed by atoms with Crippen LogP contribution in [0.4, 0.5) is 13.2 Å². The molecule has 0 aliphatic rings. The van der Waals surface area contributed by atoms with E-state index in [0.29, 0.717) is 18.5 Å². The van der Waals surface area contributed by atoms with E-state index in [9.17, 15) is 13.2 Å². The molecule has 96 valence electrons. The molecule has 0 bridgehead atoms. The van der Waals surface area contributed by atoms with E-state index in [1.54, 1.807) is 0 Å². The Labute approximate surface area is 97.3 Å². The summed E-state index contributed by atoms with van der Waals surface area (Å²) in [5.74, 6) is -0.0506. The van der Waals surface area contributed by atoms with Crippen molar-refractivity contribution < 1.29 is 22.6 Å². The van der Waals surface area contributed by atoms with E-state index in [-0.39, 0.29) is 11.5 Å². The molecule has 17 heavy (non-hydrogen) atoms. The first-order valence-electron chi connectivity index (χ1n) is 4.96. The highest BCUT2D eigenvalue weighted by atomic mass is 19.4. The molecule has 1 aromatic rings. The van der Waals surface area contributed by atoms with Crippen LogP contribution in [-0.2, 0) is 12.6 Å². The zero-order chi connectivity index (χ0) is 13.1. The van der Waals surface area contributed by atoms with Gasteiger partial charge in [0.2, 0.25) is 0 Å². The van der Waals surface area contributed by atoms with Crippen molar-refractivity contribution >= 4 is 0 Å². The van der Waals surface area contributed by atoms with E-state index >= 15 is 0 Å². The smallest absolute Gasteiger partial charge is 0.420 e. The Bertz CT molecular complexity index is 391. The van der Waals surface area contributed by atoms with Gasteiger partial charge >= 0.3 is 6.18 Å². The van der Waals surface area contributed by atoms with Gasteiger partial charge in [0.1, 0.15) is 17.1 Å². The second-order valence-electron chi connectivity index (χ2n) is 3.40. The van der Waals surface area contributed by atoms with Crippen LogP contribution in [-0.4, -0.2) is 20.8 Å². The Morgan fingerprint density at radius 1 is 1.12 bits per heavy atom. The third-order valence-electron chi connectivity index (χ3n) is 2.32. The van der Waals surface area contributed by atoms with Crippen LogP contribution in [0.2, 0.25) is 0 Å². The maximum absolute atomic E-state index is 12.7. The van der Waals surface area contributed by atoms with Gasteiger partial charge in [-0.05, 0) is 30.7 Å². The molecule has 0 aliphatic heterocycles. The summed E-state index contributed by atoms with van der Waals surface area (Å²) in [6.07, 6.45) is -4.04. The predicted molar refractivity (Wildman–Crippen MR) is 57.3 cm³/mol. The van der Waals surface area contributed by atoms with Crippen molar-refractivity contribution in [1.29, 1.82) is 0 Å². The second kappa shape index (κ2) is 5.27. The number of methoxy groups -OCH3 is 2. The van der Waals surface area contributed by atoms with Crippen molar-refractivity contribution in [1.82, 2.24) is 0 Å². The lowest BCUT2D eigenvalue weighted by Gasteiger charge is -2.16. The fourth-order valence-electron chi connectivity index (χ4n) is 1.53. The number of hydrogen-bond acceptors (Lipinski definition) is 3. The molecule has 1 rings (SSSR count). The molecule has 0 aliphatic carbocycles. The van der Waals surface area contributed by atoms with Crippen molar-refractivity contribution in [2.45, 2.75) is 12.6 Å². The molecule has 0 amide bonds. The molecular formula is C11H14F3NO2. The first-order chi connectivity index (χ1) is 7.93. The normalized spacial score (nSPS) is 11.4. The lowest BCUT2D eigenvalue weighted by atomic mass is 10.1. The fourth-order valence-corrected chi connectivity index (χ4v) is 1.53. The largest absolute Gasteiger partial charge is 0.496 e. The molecule has 0 saturated carbocycles. The number of rotatable bonds is 4. The summed E-state index contributed by atoms with van der Waals surface area (Å²) in [5.41, 5.74) is 5.13. The Balaban J connectivity index is 3.33. The Morgan fingerprint density at radius 3 is 2.12 bits per heavy atom. The van der Waals surface area contributed by atoms with Crippen molar-refractivity contribution in [2.75, 3.05) is 20.8 Å². The van der Waals surface area contributed by atoms with Crippen LogP contribution in [0.5, 0.6) is 11.5 Å². The molecule has 2 N–H and O–H groups in total. The summed E-state index contributed by atoms with van der Waals surface area (Å²) in [6, 6.07) is 2.25. The lowest BCUT2D eigenvalue weighted by Crippen LogP contribution is -2.10. The van der Waals surface area contributed by atoms with Gasteiger partial charge in [-0.25, -0.2) is 0 Å². The van der Waals surface area contributed by atoms with E-state index in [0.717, 1.165) is 6.07 Å². The standard InChI is InChI=1S/C11H14F3NO2/c1-16-9-6-8(11(12,13)14)10(17-2)5-7(9)3-4-15/h5-6H,3-4,15H2,1-2H3/i5+1. The zero-order valence-corrected chi connectivity index (χ0v) is 9.60. The summed E-state index contributed by atoms with van der Waals surface area (Å²) in [5, 5.41) is 0.